The molecule has 1 aliphatic heterocycles. The first-order valence-corrected chi connectivity index (χ1v) is 13.2. The molecule has 1 saturated heterocycles. The first-order valence-electron chi connectivity index (χ1n) is 13.2. The largest absolute Gasteiger partial charge is 0.416 e. The summed E-state index contributed by atoms with van der Waals surface area (Å²) in [6, 6.07) is 5.00. The molecule has 2 aromatic carbocycles. The molecule has 42 heavy (non-hydrogen) atoms. The summed E-state index contributed by atoms with van der Waals surface area (Å²) in [5, 5.41) is 0. The number of benzene rings is 2. The Bertz CT molecular complexity index is 1230. The average molecular weight is 625 g/mol. The minimum atomic E-state index is -5.07. The van der Waals surface area contributed by atoms with Crippen molar-refractivity contribution in [3.8, 4) is 0 Å². The van der Waals surface area contributed by atoms with Crippen molar-refractivity contribution in [1.29, 1.82) is 0 Å². The Kier molecular flexibility index (Phi) is 10.1. The molecule has 2 aliphatic rings. The van der Waals surface area contributed by atoms with Gasteiger partial charge in [0.15, 0.2) is 0 Å². The van der Waals surface area contributed by atoms with Crippen LogP contribution in [0.3, 0.4) is 0 Å². The van der Waals surface area contributed by atoms with Crippen molar-refractivity contribution < 1.29 is 40.3 Å². The molecule has 2 atom stereocenters. The van der Waals surface area contributed by atoms with E-state index in [1.807, 2.05) is 0 Å². The van der Waals surface area contributed by atoms with E-state index >= 15 is 0 Å². The zero-order chi connectivity index (χ0) is 30.3. The van der Waals surface area contributed by atoms with Gasteiger partial charge in [-0.1, -0.05) is 12.1 Å². The number of carbonyl (C=O) groups excluding carboxylic acids is 2. The van der Waals surface area contributed by atoms with Crippen molar-refractivity contribution in [3.63, 3.8) is 0 Å². The number of rotatable bonds is 4. The maximum Gasteiger partial charge on any atom is 0.416 e. The first-order chi connectivity index (χ1) is 19.1. The highest BCUT2D eigenvalue weighted by atomic mass is 35.5. The van der Waals surface area contributed by atoms with E-state index in [4.69, 9.17) is 5.73 Å². The van der Waals surface area contributed by atoms with Gasteiger partial charge in [-0.25, -0.2) is 9.18 Å². The molecule has 0 bridgehead atoms. The number of anilines is 1. The number of nitrogens with zero attached hydrogens (tertiary/aromatic N) is 3. The summed E-state index contributed by atoms with van der Waals surface area (Å²) in [7, 11) is 2.47. The molecule has 2 aromatic rings. The molecule has 3 amide bonds. The van der Waals surface area contributed by atoms with Crippen LogP contribution in [0.15, 0.2) is 42.5 Å². The zero-order valence-corrected chi connectivity index (χ0v) is 23.7. The second kappa shape index (κ2) is 12.7. The molecule has 0 spiro atoms. The Morgan fingerprint density at radius 1 is 0.857 bits per heavy atom. The Morgan fingerprint density at radius 3 is 1.88 bits per heavy atom. The summed E-state index contributed by atoms with van der Waals surface area (Å²) >= 11 is 0. The molecular formula is C28H32ClF7N4O2. The summed E-state index contributed by atoms with van der Waals surface area (Å²) in [6.45, 7) is 0.302. The molecule has 0 aromatic heterocycles. The van der Waals surface area contributed by atoms with Crippen LogP contribution in [-0.4, -0.2) is 61.0 Å². The molecule has 0 unspecified atom stereocenters. The van der Waals surface area contributed by atoms with Gasteiger partial charge < -0.3 is 15.5 Å². The number of amides is 3. The van der Waals surface area contributed by atoms with Gasteiger partial charge in [0.25, 0.3) is 0 Å². The summed E-state index contributed by atoms with van der Waals surface area (Å²) in [4.78, 5) is 30.5. The predicted octanol–water partition coefficient (Wildman–Crippen LogP) is 6.29. The third kappa shape index (κ3) is 7.28. The average Bonchev–Trinajstić information content (AvgIpc) is 3.36. The molecule has 6 nitrogen and oxygen atoms in total. The highest BCUT2D eigenvalue weighted by Gasteiger charge is 2.43. The third-order valence-corrected chi connectivity index (χ3v) is 8.07. The smallest absolute Gasteiger partial charge is 0.340 e. The molecule has 2 N–H and O–H groups in total. The SMILES string of the molecule is CN(C(=O)N(C)[C@@H]1CN(C(=O)[C@H]2CC[C@@H](N)CC2)C[C@H]1c1ccc(F)cc1)c1cc(C(F)(F)F)cc(C(F)(F)F)c1.Cl. The van der Waals surface area contributed by atoms with Crippen LogP contribution in [0, 0.1) is 11.7 Å². The fourth-order valence-electron chi connectivity index (χ4n) is 5.64. The molecule has 0 radical (unpaired) electrons. The molecule has 4 rings (SSSR count). The number of likely N-dealkylation sites (tertiary alicyclic amines) is 1. The van der Waals surface area contributed by atoms with Crippen molar-refractivity contribution in [2.75, 3.05) is 32.1 Å². The van der Waals surface area contributed by atoms with Crippen LogP contribution in [0.25, 0.3) is 0 Å². The van der Waals surface area contributed by atoms with E-state index in [1.165, 1.54) is 36.2 Å². The van der Waals surface area contributed by atoms with Crippen molar-refractivity contribution in [2.45, 2.75) is 56.0 Å². The van der Waals surface area contributed by atoms with Crippen LogP contribution < -0.4 is 10.6 Å². The van der Waals surface area contributed by atoms with Crippen LogP contribution in [0.4, 0.5) is 41.2 Å². The Balaban J connectivity index is 0.00000484. The topological polar surface area (TPSA) is 69.9 Å². The van der Waals surface area contributed by atoms with Gasteiger partial charge in [0.1, 0.15) is 5.82 Å². The number of likely N-dealkylation sites (N-methyl/N-ethyl adjacent to an activating group) is 1. The van der Waals surface area contributed by atoms with E-state index in [0.717, 1.165) is 11.9 Å². The van der Waals surface area contributed by atoms with E-state index in [9.17, 15) is 40.3 Å². The maximum absolute atomic E-state index is 13.7. The summed E-state index contributed by atoms with van der Waals surface area (Å²) < 4.78 is 94.1. The molecular weight excluding hydrogens is 593 g/mol. The van der Waals surface area contributed by atoms with Gasteiger partial charge in [0, 0.05) is 50.7 Å². The number of carbonyl (C=O) groups is 2. The van der Waals surface area contributed by atoms with Gasteiger partial charge in [0.2, 0.25) is 5.91 Å². The van der Waals surface area contributed by atoms with Crippen molar-refractivity contribution in [1.82, 2.24) is 9.80 Å². The maximum atomic E-state index is 13.7. The number of alkyl halides is 6. The monoisotopic (exact) mass is 624 g/mol. The number of halogens is 8. The van der Waals surface area contributed by atoms with Crippen LogP contribution in [0.5, 0.6) is 0 Å². The number of hydrogen-bond donors (Lipinski definition) is 1. The normalized spacial score (nSPS) is 22.9. The molecule has 1 heterocycles. The van der Waals surface area contributed by atoms with Gasteiger partial charge in [-0.3, -0.25) is 9.69 Å². The number of nitrogens with two attached hydrogens (primary N) is 1. The molecule has 1 saturated carbocycles. The second-order valence-corrected chi connectivity index (χ2v) is 10.8. The van der Waals surface area contributed by atoms with Crippen molar-refractivity contribution >= 4 is 30.0 Å². The highest BCUT2D eigenvalue weighted by molar-refractivity contribution is 5.92. The van der Waals surface area contributed by atoms with Gasteiger partial charge >= 0.3 is 18.4 Å². The summed E-state index contributed by atoms with van der Waals surface area (Å²) in [6.07, 6.45) is -7.50. The van der Waals surface area contributed by atoms with E-state index in [-0.39, 0.29) is 49.4 Å². The molecule has 2 fully saturated rings. The van der Waals surface area contributed by atoms with E-state index in [2.05, 4.69) is 0 Å². The highest BCUT2D eigenvalue weighted by Crippen LogP contribution is 2.39. The van der Waals surface area contributed by atoms with Crippen LogP contribution in [-0.2, 0) is 17.1 Å². The second-order valence-electron chi connectivity index (χ2n) is 10.8. The molecule has 1 aliphatic carbocycles. The first kappa shape index (κ1) is 33.4. The van der Waals surface area contributed by atoms with Crippen LogP contribution in [0.2, 0.25) is 0 Å². The third-order valence-electron chi connectivity index (χ3n) is 8.07. The molecule has 14 heteroatoms. The van der Waals surface area contributed by atoms with E-state index in [1.54, 1.807) is 4.90 Å². The Labute approximate surface area is 245 Å². The lowest BCUT2D eigenvalue weighted by Gasteiger charge is -2.33. The quantitative estimate of drug-likeness (QED) is 0.407. The van der Waals surface area contributed by atoms with Gasteiger partial charge in [-0.05, 0) is 61.6 Å². The summed E-state index contributed by atoms with van der Waals surface area (Å²) in [5.74, 6) is -1.30. The van der Waals surface area contributed by atoms with Crippen LogP contribution in [0.1, 0.15) is 48.3 Å². The minimum absolute atomic E-state index is 0. The standard InChI is InChI=1S/C28H31F7N4O2.ClH/c1-37(22-12-18(27(30,31)32)11-19(13-22)28(33,34)35)26(41)38(2)24-15-39(25(40)17-5-9-21(36)10-6-17)14-23(24)16-3-7-20(29)8-4-16;/h3-4,7-8,11-13,17,21,23-24H,5-6,9-10,14-15,36H2,1-2H3;1H/t17-,21+,23-,24+;/m0./s1. The van der Waals surface area contributed by atoms with Gasteiger partial charge in [-0.2, -0.15) is 26.3 Å². The lowest BCUT2D eigenvalue weighted by molar-refractivity contribution is -0.143. The Morgan fingerprint density at radius 2 is 1.38 bits per heavy atom. The number of hydrogen-bond acceptors (Lipinski definition) is 3. The number of urea groups is 1. The fraction of sp³-hybridized carbons (Fsp3) is 0.500. The van der Waals surface area contributed by atoms with Gasteiger partial charge in [0.05, 0.1) is 17.2 Å². The zero-order valence-electron chi connectivity index (χ0n) is 22.9. The Hall–Kier alpha value is -3.06. The lowest BCUT2D eigenvalue weighted by Crippen LogP contribution is -2.48. The van der Waals surface area contributed by atoms with E-state index < -0.39 is 53.0 Å². The predicted molar refractivity (Wildman–Crippen MR) is 145 cm³/mol. The minimum Gasteiger partial charge on any atom is -0.340 e. The van der Waals surface area contributed by atoms with Gasteiger partial charge in [-0.15, -0.1) is 12.4 Å². The van der Waals surface area contributed by atoms with Crippen molar-refractivity contribution in [3.05, 3.63) is 65.0 Å². The summed E-state index contributed by atoms with van der Waals surface area (Å²) in [5.41, 5.74) is 2.93. The van der Waals surface area contributed by atoms with Crippen molar-refractivity contribution in [2.24, 2.45) is 11.7 Å². The lowest BCUT2D eigenvalue weighted by atomic mass is 9.85. The van der Waals surface area contributed by atoms with E-state index in [0.29, 0.717) is 43.4 Å². The molecule has 232 valence electrons. The van der Waals surface area contributed by atoms with Crippen LogP contribution >= 0.6 is 12.4 Å². The fourth-order valence-corrected chi connectivity index (χ4v) is 5.64.